The highest BCUT2D eigenvalue weighted by atomic mass is 16.5. The third-order valence-electron chi connectivity index (χ3n) is 8.43. The van der Waals surface area contributed by atoms with Crippen molar-refractivity contribution in [2.24, 2.45) is 11.8 Å². The molecule has 7 nitrogen and oxygen atoms in total. The molecule has 1 fully saturated rings. The zero-order valence-electron chi connectivity index (χ0n) is 24.0. The normalized spacial score (nSPS) is 23.1. The van der Waals surface area contributed by atoms with Crippen LogP contribution in [-0.4, -0.2) is 54.0 Å². The summed E-state index contributed by atoms with van der Waals surface area (Å²) in [6, 6.07) is 19.0. The van der Waals surface area contributed by atoms with E-state index in [1.54, 1.807) is 17.0 Å². The molecule has 2 heterocycles. The first-order valence-corrected chi connectivity index (χ1v) is 14.7. The fourth-order valence-corrected chi connectivity index (χ4v) is 6.40. The number of likely N-dealkylation sites (N-methyl/N-ethyl adjacent to an activating group) is 1. The quantitative estimate of drug-likeness (QED) is 0.458. The number of ether oxygens (including phenoxy) is 1. The highest BCUT2D eigenvalue weighted by Crippen LogP contribution is 2.45. The Balaban J connectivity index is 1.93. The van der Waals surface area contributed by atoms with Crippen molar-refractivity contribution in [3.63, 3.8) is 0 Å². The zero-order chi connectivity index (χ0) is 28.5. The third kappa shape index (κ3) is 5.84. The van der Waals surface area contributed by atoms with Gasteiger partial charge in [0.2, 0.25) is 5.91 Å². The van der Waals surface area contributed by atoms with Crippen LogP contribution in [0.5, 0.6) is 0 Å². The Hall–Kier alpha value is -3.47. The summed E-state index contributed by atoms with van der Waals surface area (Å²) in [7, 11) is 0. The average Bonchev–Trinajstić information content (AvgIpc) is 3.01. The molecule has 0 unspecified atom stereocenters. The predicted octanol–water partition coefficient (Wildman–Crippen LogP) is 4.98. The summed E-state index contributed by atoms with van der Waals surface area (Å²) in [5.74, 6) is -0.422. The molecule has 1 N–H and O–H groups in total. The molecule has 1 saturated heterocycles. The van der Waals surface area contributed by atoms with Crippen molar-refractivity contribution in [1.82, 2.24) is 15.1 Å². The van der Waals surface area contributed by atoms with Gasteiger partial charge in [-0.15, -0.1) is 0 Å². The number of nitriles is 1. The topological polar surface area (TPSA) is 85.7 Å². The first-order chi connectivity index (χ1) is 19.5. The Morgan fingerprint density at radius 2 is 1.73 bits per heavy atom. The van der Waals surface area contributed by atoms with Gasteiger partial charge < -0.3 is 10.1 Å². The van der Waals surface area contributed by atoms with Crippen LogP contribution in [-0.2, 0) is 26.4 Å². The number of carbonyl (C=O) groups excluding carboxylic acids is 2. The number of nitrogens with zero attached hydrogens (tertiary/aromatic N) is 3. The zero-order valence-corrected chi connectivity index (χ0v) is 24.0. The standard InChI is InChI=1S/C33H42N4O3/c1-4-10-27-17-20-37(31(38)28-18-21-40-22-19-28)33(30(27)36(5-2)6-3,29-15-13-25(23-34)14-16-29)32(39)35-24-26-11-8-7-9-12-26/h7-9,11-17,20,27-28,30H,4-6,10,18-19,21-22,24H2,1-3H3,(H,35,39)/t27-,30+,33+/m1/s1. The van der Waals surface area contributed by atoms with Gasteiger partial charge in [0.25, 0.3) is 5.91 Å². The molecule has 4 rings (SSSR count). The molecule has 0 radical (unpaired) electrons. The smallest absolute Gasteiger partial charge is 0.252 e. The number of hydrogen-bond donors (Lipinski definition) is 1. The van der Waals surface area contributed by atoms with Gasteiger partial charge >= 0.3 is 0 Å². The third-order valence-corrected chi connectivity index (χ3v) is 8.43. The largest absolute Gasteiger partial charge is 0.381 e. The maximum absolute atomic E-state index is 14.9. The summed E-state index contributed by atoms with van der Waals surface area (Å²) < 4.78 is 5.57. The Morgan fingerprint density at radius 1 is 1.05 bits per heavy atom. The van der Waals surface area contributed by atoms with Gasteiger partial charge in [0.15, 0.2) is 5.54 Å². The van der Waals surface area contributed by atoms with Crippen LogP contribution in [0.15, 0.2) is 66.9 Å². The van der Waals surface area contributed by atoms with Crippen molar-refractivity contribution in [2.75, 3.05) is 26.3 Å². The van der Waals surface area contributed by atoms with Crippen molar-refractivity contribution < 1.29 is 14.3 Å². The van der Waals surface area contributed by atoms with E-state index in [0.717, 1.165) is 37.1 Å². The van der Waals surface area contributed by atoms with Crippen molar-refractivity contribution in [3.05, 3.63) is 83.6 Å². The Bertz CT molecular complexity index is 1200. The molecule has 7 heteroatoms. The van der Waals surface area contributed by atoms with Gasteiger partial charge in [-0.1, -0.05) is 75.7 Å². The van der Waals surface area contributed by atoms with Crippen molar-refractivity contribution in [1.29, 1.82) is 5.26 Å². The van der Waals surface area contributed by atoms with Gasteiger partial charge in [-0.05, 0) is 61.5 Å². The molecule has 0 aromatic heterocycles. The molecule has 40 heavy (non-hydrogen) atoms. The van der Waals surface area contributed by atoms with E-state index in [-0.39, 0.29) is 29.7 Å². The van der Waals surface area contributed by atoms with E-state index in [0.29, 0.717) is 38.2 Å². The highest BCUT2D eigenvalue weighted by Gasteiger charge is 2.58. The summed E-state index contributed by atoms with van der Waals surface area (Å²) in [6.07, 6.45) is 7.12. The van der Waals surface area contributed by atoms with E-state index < -0.39 is 5.54 Å². The number of nitrogens with one attached hydrogen (secondary N) is 1. The van der Waals surface area contributed by atoms with E-state index in [4.69, 9.17) is 4.74 Å². The highest BCUT2D eigenvalue weighted by molar-refractivity contribution is 5.95. The Labute approximate surface area is 238 Å². The molecule has 2 aliphatic heterocycles. The Kier molecular flexibility index (Phi) is 10.1. The van der Waals surface area contributed by atoms with Gasteiger partial charge in [-0.25, -0.2) is 0 Å². The van der Waals surface area contributed by atoms with Crippen LogP contribution in [0.25, 0.3) is 0 Å². The minimum absolute atomic E-state index is 0.0501. The summed E-state index contributed by atoms with van der Waals surface area (Å²) in [4.78, 5) is 33.4. The van der Waals surface area contributed by atoms with E-state index in [1.165, 1.54) is 0 Å². The molecule has 0 spiro atoms. The number of amides is 2. The summed E-state index contributed by atoms with van der Waals surface area (Å²) in [5, 5.41) is 12.8. The number of carbonyl (C=O) groups is 2. The lowest BCUT2D eigenvalue weighted by Crippen LogP contribution is -2.70. The van der Waals surface area contributed by atoms with E-state index >= 15 is 0 Å². The monoisotopic (exact) mass is 542 g/mol. The average molecular weight is 543 g/mol. The van der Waals surface area contributed by atoms with Crippen LogP contribution >= 0.6 is 0 Å². The summed E-state index contributed by atoms with van der Waals surface area (Å²) >= 11 is 0. The van der Waals surface area contributed by atoms with Crippen LogP contribution in [0.3, 0.4) is 0 Å². The minimum atomic E-state index is -1.32. The molecule has 2 aromatic carbocycles. The molecular weight excluding hydrogens is 500 g/mol. The molecule has 3 atom stereocenters. The van der Waals surface area contributed by atoms with Crippen LogP contribution in [0, 0.1) is 23.2 Å². The second-order valence-corrected chi connectivity index (χ2v) is 10.7. The summed E-state index contributed by atoms with van der Waals surface area (Å²) in [5.41, 5.74) is 0.907. The van der Waals surface area contributed by atoms with Crippen LogP contribution in [0.2, 0.25) is 0 Å². The first kappa shape index (κ1) is 29.5. The van der Waals surface area contributed by atoms with Crippen LogP contribution in [0.1, 0.15) is 63.1 Å². The van der Waals surface area contributed by atoms with Crippen molar-refractivity contribution in [2.45, 2.75) is 64.6 Å². The maximum atomic E-state index is 14.9. The van der Waals surface area contributed by atoms with Gasteiger partial charge in [0, 0.05) is 31.9 Å². The second kappa shape index (κ2) is 13.7. The molecule has 2 amide bonds. The predicted molar refractivity (Wildman–Crippen MR) is 156 cm³/mol. The fourth-order valence-electron chi connectivity index (χ4n) is 6.40. The summed E-state index contributed by atoms with van der Waals surface area (Å²) in [6.45, 7) is 9.28. The van der Waals surface area contributed by atoms with Gasteiger partial charge in [0.05, 0.1) is 17.7 Å². The molecule has 0 aliphatic carbocycles. The van der Waals surface area contributed by atoms with Gasteiger partial charge in [0.1, 0.15) is 0 Å². The minimum Gasteiger partial charge on any atom is -0.381 e. The second-order valence-electron chi connectivity index (χ2n) is 10.7. The lowest BCUT2D eigenvalue weighted by atomic mass is 9.69. The molecule has 212 valence electrons. The number of benzene rings is 2. The first-order valence-electron chi connectivity index (χ1n) is 14.7. The fraction of sp³-hybridized carbons (Fsp3) is 0.485. The Morgan fingerprint density at radius 3 is 2.33 bits per heavy atom. The van der Waals surface area contributed by atoms with E-state index in [1.807, 2.05) is 48.7 Å². The van der Waals surface area contributed by atoms with E-state index in [2.05, 4.69) is 43.1 Å². The molecule has 0 bridgehead atoms. The lowest BCUT2D eigenvalue weighted by Gasteiger charge is -2.55. The maximum Gasteiger partial charge on any atom is 0.252 e. The van der Waals surface area contributed by atoms with Crippen molar-refractivity contribution in [3.8, 4) is 6.07 Å². The lowest BCUT2D eigenvalue weighted by molar-refractivity contribution is -0.157. The van der Waals surface area contributed by atoms with Crippen molar-refractivity contribution >= 4 is 11.8 Å². The van der Waals surface area contributed by atoms with Crippen LogP contribution < -0.4 is 5.32 Å². The van der Waals surface area contributed by atoms with Crippen LogP contribution in [0.4, 0.5) is 0 Å². The van der Waals surface area contributed by atoms with Gasteiger partial charge in [-0.2, -0.15) is 5.26 Å². The number of hydrogen-bond acceptors (Lipinski definition) is 5. The molecular formula is C33H42N4O3. The van der Waals surface area contributed by atoms with E-state index in [9.17, 15) is 14.9 Å². The molecule has 2 aliphatic rings. The molecule has 2 aromatic rings. The van der Waals surface area contributed by atoms with Gasteiger partial charge in [-0.3, -0.25) is 19.4 Å². The number of rotatable bonds is 10. The molecule has 0 saturated carbocycles. The SMILES string of the molecule is CCC[C@@H]1C=CN(C(=O)C2CCOCC2)[C@@](C(=O)NCc2ccccc2)(c2ccc(C#N)cc2)[C@H]1N(CC)CC.